The number of nitro groups is 1. The first-order valence-corrected chi connectivity index (χ1v) is 5.57. The van der Waals surface area contributed by atoms with Crippen molar-refractivity contribution in [2.45, 2.75) is 25.8 Å². The maximum Gasteiger partial charge on any atom is 0.296 e. The topological polar surface area (TPSA) is 98.3 Å². The van der Waals surface area contributed by atoms with Gasteiger partial charge < -0.3 is 11.1 Å². The Balaban J connectivity index is 3.08. The van der Waals surface area contributed by atoms with Gasteiger partial charge in [-0.25, -0.2) is 8.78 Å². The van der Waals surface area contributed by atoms with Crippen molar-refractivity contribution in [2.24, 2.45) is 5.73 Å². The van der Waals surface area contributed by atoms with E-state index in [1.807, 2.05) is 5.32 Å². The zero-order valence-corrected chi connectivity index (χ0v) is 10.2. The summed E-state index contributed by atoms with van der Waals surface area (Å²) in [6, 6.07) is 0.460. The second kappa shape index (κ2) is 6.19. The number of hydrogen-bond donors (Lipinski definition) is 2. The van der Waals surface area contributed by atoms with Crippen LogP contribution in [0.1, 0.15) is 19.8 Å². The number of nitrogens with two attached hydrogens (primary N) is 1. The van der Waals surface area contributed by atoms with E-state index in [0.717, 1.165) is 6.07 Å². The first-order chi connectivity index (χ1) is 8.88. The van der Waals surface area contributed by atoms with Crippen LogP contribution in [0.4, 0.5) is 20.2 Å². The molecule has 1 unspecified atom stereocenters. The number of benzene rings is 1. The summed E-state index contributed by atoms with van der Waals surface area (Å²) in [5.74, 6) is -3.56. The highest BCUT2D eigenvalue weighted by molar-refractivity contribution is 5.96. The highest BCUT2D eigenvalue weighted by Gasteiger charge is 2.25. The first kappa shape index (κ1) is 15.0. The Morgan fingerprint density at radius 3 is 2.68 bits per heavy atom. The fourth-order valence-corrected chi connectivity index (χ4v) is 1.47. The molecule has 0 fully saturated rings. The minimum Gasteiger partial charge on any atom is -0.320 e. The zero-order valence-electron chi connectivity index (χ0n) is 10.2. The lowest BCUT2D eigenvalue weighted by Crippen LogP contribution is -2.35. The molecular formula is C11H13F2N3O3. The van der Waals surface area contributed by atoms with Crippen molar-refractivity contribution < 1.29 is 18.5 Å². The molecule has 19 heavy (non-hydrogen) atoms. The lowest BCUT2D eigenvalue weighted by molar-refractivity contribution is -0.384. The molecule has 3 N–H and O–H groups in total. The monoisotopic (exact) mass is 273 g/mol. The van der Waals surface area contributed by atoms with Gasteiger partial charge in [-0.1, -0.05) is 13.3 Å². The number of carbonyl (C=O) groups excluding carboxylic acids is 1. The third-order valence-electron chi connectivity index (χ3n) is 2.45. The largest absolute Gasteiger partial charge is 0.320 e. The second-order valence-electron chi connectivity index (χ2n) is 3.90. The number of anilines is 1. The summed E-state index contributed by atoms with van der Waals surface area (Å²) < 4.78 is 26.5. The van der Waals surface area contributed by atoms with E-state index in [9.17, 15) is 23.7 Å². The molecule has 1 amide bonds. The van der Waals surface area contributed by atoms with E-state index in [0.29, 0.717) is 18.9 Å². The van der Waals surface area contributed by atoms with Crippen molar-refractivity contribution in [2.75, 3.05) is 5.32 Å². The van der Waals surface area contributed by atoms with E-state index < -0.39 is 39.9 Å². The molecule has 0 aliphatic heterocycles. The highest BCUT2D eigenvalue weighted by atomic mass is 19.2. The Kier molecular flexibility index (Phi) is 4.87. The molecular weight excluding hydrogens is 260 g/mol. The van der Waals surface area contributed by atoms with E-state index in [-0.39, 0.29) is 0 Å². The van der Waals surface area contributed by atoms with Crippen LogP contribution in [0.3, 0.4) is 0 Å². The van der Waals surface area contributed by atoms with Crippen molar-refractivity contribution in [1.29, 1.82) is 0 Å². The standard InChI is InChI=1S/C11H13F2N3O3/c1-2-3-7(14)11(17)15-10-8(16(18)19)5-4-6(12)9(10)13/h4-5,7H,2-3,14H2,1H3,(H,15,17). The smallest absolute Gasteiger partial charge is 0.296 e. The van der Waals surface area contributed by atoms with Crippen LogP contribution in [-0.4, -0.2) is 16.9 Å². The first-order valence-electron chi connectivity index (χ1n) is 5.57. The van der Waals surface area contributed by atoms with Gasteiger partial charge in [-0.05, 0) is 12.5 Å². The molecule has 0 heterocycles. The van der Waals surface area contributed by atoms with Gasteiger partial charge in [-0.3, -0.25) is 14.9 Å². The van der Waals surface area contributed by atoms with Gasteiger partial charge in [0.25, 0.3) is 5.69 Å². The van der Waals surface area contributed by atoms with E-state index in [1.54, 1.807) is 6.92 Å². The van der Waals surface area contributed by atoms with Crippen LogP contribution in [0.5, 0.6) is 0 Å². The number of amides is 1. The van der Waals surface area contributed by atoms with E-state index in [1.165, 1.54) is 0 Å². The van der Waals surface area contributed by atoms with Gasteiger partial charge in [0.1, 0.15) is 0 Å². The SMILES string of the molecule is CCCC(N)C(=O)Nc1c([N+](=O)[O-])ccc(F)c1F. The number of nitrogens with one attached hydrogen (secondary N) is 1. The van der Waals surface area contributed by atoms with E-state index in [2.05, 4.69) is 0 Å². The Morgan fingerprint density at radius 2 is 2.16 bits per heavy atom. The Hall–Kier alpha value is -2.09. The summed E-state index contributed by atoms with van der Waals surface area (Å²) in [6.45, 7) is 1.79. The minimum absolute atomic E-state index is 0.330. The molecule has 104 valence electrons. The van der Waals surface area contributed by atoms with Crippen molar-refractivity contribution in [3.63, 3.8) is 0 Å². The van der Waals surface area contributed by atoms with Crippen LogP contribution < -0.4 is 11.1 Å². The van der Waals surface area contributed by atoms with Crippen molar-refractivity contribution in [1.82, 2.24) is 0 Å². The predicted octanol–water partition coefficient (Wildman–Crippen LogP) is 1.94. The van der Waals surface area contributed by atoms with Crippen LogP contribution in [-0.2, 0) is 4.79 Å². The molecule has 1 atom stereocenters. The Labute approximate surface area is 107 Å². The summed E-state index contributed by atoms with van der Waals surface area (Å²) >= 11 is 0. The average Bonchev–Trinajstić information content (AvgIpc) is 2.34. The quantitative estimate of drug-likeness (QED) is 0.632. The molecule has 1 rings (SSSR count). The summed E-state index contributed by atoms with van der Waals surface area (Å²) in [5, 5.41) is 12.7. The van der Waals surface area contributed by atoms with Gasteiger partial charge in [0, 0.05) is 6.07 Å². The number of hydrogen-bond acceptors (Lipinski definition) is 4. The van der Waals surface area contributed by atoms with Crippen LogP contribution in [0.25, 0.3) is 0 Å². The van der Waals surface area contributed by atoms with Crippen LogP contribution in [0.15, 0.2) is 12.1 Å². The molecule has 1 aromatic rings. The van der Waals surface area contributed by atoms with Gasteiger partial charge >= 0.3 is 0 Å². The number of halogens is 2. The van der Waals surface area contributed by atoms with Crippen molar-refractivity contribution in [3.8, 4) is 0 Å². The molecule has 0 aromatic heterocycles. The van der Waals surface area contributed by atoms with Crippen LogP contribution in [0, 0.1) is 21.7 Å². The second-order valence-corrected chi connectivity index (χ2v) is 3.90. The molecule has 6 nitrogen and oxygen atoms in total. The highest BCUT2D eigenvalue weighted by Crippen LogP contribution is 2.29. The summed E-state index contributed by atoms with van der Waals surface area (Å²) in [4.78, 5) is 21.4. The molecule has 8 heteroatoms. The number of nitro benzene ring substituents is 1. The summed E-state index contributed by atoms with van der Waals surface area (Å²) in [7, 11) is 0. The van der Waals surface area contributed by atoms with E-state index in [4.69, 9.17) is 5.73 Å². The third kappa shape index (κ3) is 3.44. The van der Waals surface area contributed by atoms with E-state index >= 15 is 0 Å². The maximum atomic E-state index is 13.5. The molecule has 1 aromatic carbocycles. The van der Waals surface area contributed by atoms with Crippen LogP contribution >= 0.6 is 0 Å². The lowest BCUT2D eigenvalue weighted by Gasteiger charge is -2.12. The zero-order chi connectivity index (χ0) is 14.6. The fraction of sp³-hybridized carbons (Fsp3) is 0.364. The lowest BCUT2D eigenvalue weighted by atomic mass is 10.1. The number of carbonyl (C=O) groups is 1. The Morgan fingerprint density at radius 1 is 1.53 bits per heavy atom. The molecule has 0 radical (unpaired) electrons. The number of rotatable bonds is 5. The predicted molar refractivity (Wildman–Crippen MR) is 64.5 cm³/mol. The third-order valence-corrected chi connectivity index (χ3v) is 2.45. The van der Waals surface area contributed by atoms with Crippen LogP contribution in [0.2, 0.25) is 0 Å². The maximum absolute atomic E-state index is 13.5. The average molecular weight is 273 g/mol. The molecule has 0 bridgehead atoms. The fourth-order valence-electron chi connectivity index (χ4n) is 1.47. The van der Waals surface area contributed by atoms with Gasteiger partial charge in [0.05, 0.1) is 11.0 Å². The van der Waals surface area contributed by atoms with Gasteiger partial charge in [-0.2, -0.15) is 0 Å². The van der Waals surface area contributed by atoms with Crippen molar-refractivity contribution >= 4 is 17.3 Å². The normalized spacial score (nSPS) is 12.0. The molecule has 0 spiro atoms. The molecule has 0 saturated carbocycles. The summed E-state index contributed by atoms with van der Waals surface area (Å²) in [5.41, 5.74) is 3.96. The van der Waals surface area contributed by atoms with Gasteiger partial charge in [0.15, 0.2) is 17.3 Å². The summed E-state index contributed by atoms with van der Waals surface area (Å²) in [6.07, 6.45) is 0.943. The number of nitrogens with zero attached hydrogens (tertiary/aromatic N) is 1. The van der Waals surface area contributed by atoms with Gasteiger partial charge in [-0.15, -0.1) is 0 Å². The van der Waals surface area contributed by atoms with Crippen molar-refractivity contribution in [3.05, 3.63) is 33.9 Å². The minimum atomic E-state index is -1.48. The molecule has 0 aliphatic rings. The molecule has 0 saturated heterocycles. The Bertz CT molecular complexity index is 508. The van der Waals surface area contributed by atoms with Gasteiger partial charge in [0.2, 0.25) is 5.91 Å². The molecule has 0 aliphatic carbocycles.